The maximum absolute atomic E-state index is 12.5. The zero-order valence-corrected chi connectivity index (χ0v) is 22.2. The number of carbonyl (C=O) groups excluding carboxylic acids is 2. The van der Waals surface area contributed by atoms with Gasteiger partial charge in [-0.2, -0.15) is 5.10 Å². The first-order valence-corrected chi connectivity index (χ1v) is 12.8. The summed E-state index contributed by atoms with van der Waals surface area (Å²) in [6.07, 6.45) is 5.45. The van der Waals surface area contributed by atoms with Crippen LogP contribution in [0.5, 0.6) is 11.5 Å². The Labute approximate surface area is 226 Å². The average Bonchev–Trinajstić information content (AvgIpc) is 3.17. The smallest absolute Gasteiger partial charge is 0.332 e. The molecule has 3 atom stereocenters. The van der Waals surface area contributed by atoms with Crippen molar-refractivity contribution in [2.24, 2.45) is 21.7 Å². The number of rotatable bonds is 3. The minimum absolute atomic E-state index is 0.343. The summed E-state index contributed by atoms with van der Waals surface area (Å²) < 4.78 is 13.5. The maximum Gasteiger partial charge on any atom is 0.332 e. The van der Waals surface area contributed by atoms with Gasteiger partial charge in [-0.1, -0.05) is 62.8 Å². The Morgan fingerprint density at radius 3 is 2.64 bits per heavy atom. The number of fused-ring (bicyclic) bond motifs is 3. The van der Waals surface area contributed by atoms with Gasteiger partial charge in [-0.15, -0.1) is 0 Å². The van der Waals surface area contributed by atoms with Gasteiger partial charge in [-0.25, -0.2) is 10.2 Å². The molecule has 9 nitrogen and oxygen atoms in total. The number of ether oxygens (including phenoxy) is 2. The number of allylic oxidation sites excluding steroid dienone is 3. The van der Waals surface area contributed by atoms with E-state index in [-0.39, 0.29) is 5.91 Å². The highest BCUT2D eigenvalue weighted by molar-refractivity contribution is 6.07. The monoisotopic (exact) mass is 526 g/mol. The van der Waals surface area contributed by atoms with Crippen molar-refractivity contribution in [2.45, 2.75) is 45.9 Å². The Hall–Kier alpha value is -4.37. The minimum Gasteiger partial charge on any atom is -0.477 e. The third kappa shape index (κ3) is 3.46. The standard InChI is InChI=1S/C30H30N4O5/c1-16-10-13-21-28(2,3)24(33-34-27(31)37)20(38-18-8-6-5-7-9-18)15-30(21)29(16,4)14-17-11-12-19-22(23(17)39-30)26(36)32-25(19)35/h5-13,15,26,36H,14H2,1-4H3,(H,32,35)(H3,31,34,37). The number of hydrogen-bond donors (Lipinski definition) is 4. The van der Waals surface area contributed by atoms with E-state index in [0.29, 0.717) is 40.5 Å². The normalized spacial score (nSPS) is 28.8. The van der Waals surface area contributed by atoms with E-state index in [1.807, 2.05) is 62.4 Å². The highest BCUT2D eigenvalue weighted by Crippen LogP contribution is 2.62. The summed E-state index contributed by atoms with van der Waals surface area (Å²) >= 11 is 0. The van der Waals surface area contributed by atoms with Crippen LogP contribution >= 0.6 is 0 Å². The number of nitrogens with two attached hydrogens (primary N) is 1. The van der Waals surface area contributed by atoms with Crippen molar-refractivity contribution in [1.29, 1.82) is 0 Å². The van der Waals surface area contributed by atoms with Crippen LogP contribution in [0.1, 0.15) is 55.4 Å². The van der Waals surface area contributed by atoms with Gasteiger partial charge in [0.15, 0.2) is 17.6 Å². The topological polar surface area (TPSA) is 135 Å². The van der Waals surface area contributed by atoms with Crippen LogP contribution in [0.4, 0.5) is 4.79 Å². The van der Waals surface area contributed by atoms with E-state index >= 15 is 0 Å². The van der Waals surface area contributed by atoms with Gasteiger partial charge in [0.05, 0.1) is 11.1 Å². The number of aliphatic hydroxyl groups excluding tert-OH is 1. The molecule has 4 aliphatic rings. The highest BCUT2D eigenvalue weighted by Gasteiger charge is 2.63. The van der Waals surface area contributed by atoms with Crippen molar-refractivity contribution in [3.05, 3.63) is 94.3 Å². The lowest BCUT2D eigenvalue weighted by Gasteiger charge is -2.58. The number of primary amides is 1. The first-order valence-electron chi connectivity index (χ1n) is 12.8. The molecule has 2 heterocycles. The molecule has 3 amide bonds. The summed E-state index contributed by atoms with van der Waals surface area (Å²) in [6, 6.07) is 12.1. The predicted octanol–water partition coefficient (Wildman–Crippen LogP) is 4.01. The number of carbonyl (C=O) groups is 2. The Morgan fingerprint density at radius 1 is 1.18 bits per heavy atom. The molecule has 2 aromatic carbocycles. The van der Waals surface area contributed by atoms with Crippen molar-refractivity contribution < 1.29 is 24.2 Å². The molecule has 1 spiro atoms. The quantitative estimate of drug-likeness (QED) is 0.448. The summed E-state index contributed by atoms with van der Waals surface area (Å²) in [5, 5.41) is 17.8. The molecule has 3 unspecified atom stereocenters. The number of amides is 3. The van der Waals surface area contributed by atoms with Gasteiger partial charge in [0.1, 0.15) is 17.2 Å². The molecule has 5 N–H and O–H groups in total. The van der Waals surface area contributed by atoms with Crippen molar-refractivity contribution >= 4 is 17.6 Å². The van der Waals surface area contributed by atoms with E-state index in [1.165, 1.54) is 0 Å². The van der Waals surface area contributed by atoms with E-state index in [1.54, 1.807) is 6.07 Å². The SMILES string of the molecule is CC1=CC=C2C(C)(C)C(=NNC(N)=O)C(Oc3ccccc3)=CC23Oc2c(ccc4c2C(O)NC4=O)CC13C. The molecular weight excluding hydrogens is 496 g/mol. The lowest BCUT2D eigenvalue weighted by atomic mass is 9.52. The zero-order chi connectivity index (χ0) is 27.7. The number of para-hydroxylation sites is 1. The molecule has 9 heteroatoms. The molecule has 0 aromatic heterocycles. The second kappa shape index (κ2) is 8.31. The highest BCUT2D eigenvalue weighted by atomic mass is 16.5. The summed E-state index contributed by atoms with van der Waals surface area (Å²) in [6.45, 7) is 8.21. The minimum atomic E-state index is -1.17. The summed E-state index contributed by atoms with van der Waals surface area (Å²) in [5.74, 6) is 1.13. The first kappa shape index (κ1) is 24.9. The van der Waals surface area contributed by atoms with E-state index < -0.39 is 28.7 Å². The molecule has 200 valence electrons. The van der Waals surface area contributed by atoms with Crippen molar-refractivity contribution in [3.63, 3.8) is 0 Å². The second-order valence-electron chi connectivity index (χ2n) is 11.2. The average molecular weight is 527 g/mol. The maximum atomic E-state index is 12.5. The molecule has 2 aromatic rings. The second-order valence-corrected chi connectivity index (χ2v) is 11.2. The summed E-state index contributed by atoms with van der Waals surface area (Å²) in [4.78, 5) is 24.2. The zero-order valence-electron chi connectivity index (χ0n) is 22.2. The Morgan fingerprint density at radius 2 is 1.92 bits per heavy atom. The van der Waals surface area contributed by atoms with Gasteiger partial charge in [0, 0.05) is 16.9 Å². The molecule has 0 radical (unpaired) electrons. The molecule has 6 rings (SSSR count). The van der Waals surface area contributed by atoms with E-state index in [4.69, 9.17) is 15.2 Å². The Balaban J connectivity index is 1.62. The number of aliphatic hydroxyl groups is 1. The Kier molecular flexibility index (Phi) is 5.32. The van der Waals surface area contributed by atoms with Crippen LogP contribution < -0.4 is 25.9 Å². The number of nitrogens with one attached hydrogen (secondary N) is 2. The fourth-order valence-corrected chi connectivity index (χ4v) is 6.36. The Bertz CT molecular complexity index is 1550. The van der Waals surface area contributed by atoms with Gasteiger partial charge < -0.3 is 25.6 Å². The van der Waals surface area contributed by atoms with E-state index in [0.717, 1.165) is 16.7 Å². The van der Waals surface area contributed by atoms with E-state index in [9.17, 15) is 14.7 Å². The van der Waals surface area contributed by atoms with Crippen LogP contribution in [0.15, 0.2) is 82.7 Å². The largest absolute Gasteiger partial charge is 0.477 e. The molecule has 2 aliphatic carbocycles. The van der Waals surface area contributed by atoms with E-state index in [2.05, 4.69) is 35.8 Å². The van der Waals surface area contributed by atoms with Crippen molar-refractivity contribution in [2.75, 3.05) is 0 Å². The fourth-order valence-electron chi connectivity index (χ4n) is 6.36. The number of hydrazone groups is 1. The molecule has 0 bridgehead atoms. The first-order chi connectivity index (χ1) is 18.5. The van der Waals surface area contributed by atoms with Crippen LogP contribution in [0.25, 0.3) is 0 Å². The van der Waals surface area contributed by atoms with Gasteiger partial charge >= 0.3 is 6.03 Å². The van der Waals surface area contributed by atoms with Gasteiger partial charge in [-0.3, -0.25) is 4.79 Å². The predicted molar refractivity (Wildman–Crippen MR) is 145 cm³/mol. The van der Waals surface area contributed by atoms with Crippen LogP contribution in [-0.2, 0) is 6.42 Å². The third-order valence-corrected chi connectivity index (χ3v) is 8.54. The van der Waals surface area contributed by atoms with Crippen LogP contribution in [0.2, 0.25) is 0 Å². The molecule has 39 heavy (non-hydrogen) atoms. The molecular formula is C30H30N4O5. The summed E-state index contributed by atoms with van der Waals surface area (Å²) in [7, 11) is 0. The fraction of sp³-hybridized carbons (Fsp3) is 0.300. The molecule has 2 aliphatic heterocycles. The molecule has 0 saturated heterocycles. The number of urea groups is 1. The lowest BCUT2D eigenvalue weighted by molar-refractivity contribution is 0.00490. The van der Waals surface area contributed by atoms with Crippen LogP contribution in [0.3, 0.4) is 0 Å². The molecule has 0 fully saturated rings. The van der Waals surface area contributed by atoms with Gasteiger partial charge in [0.2, 0.25) is 0 Å². The summed E-state index contributed by atoms with van der Waals surface area (Å²) in [5.41, 5.74) is 9.56. The number of benzene rings is 2. The number of hydrogen-bond acceptors (Lipinski definition) is 6. The van der Waals surface area contributed by atoms with Crippen molar-refractivity contribution in [3.8, 4) is 11.5 Å². The van der Waals surface area contributed by atoms with Gasteiger partial charge in [0.25, 0.3) is 5.91 Å². The molecule has 0 saturated carbocycles. The third-order valence-electron chi connectivity index (χ3n) is 8.54. The van der Waals surface area contributed by atoms with Crippen molar-refractivity contribution in [1.82, 2.24) is 10.7 Å². The van der Waals surface area contributed by atoms with Crippen LogP contribution in [-0.4, -0.2) is 28.4 Å². The van der Waals surface area contributed by atoms with Crippen LogP contribution in [0, 0.1) is 10.8 Å². The lowest BCUT2D eigenvalue weighted by Crippen LogP contribution is -2.62. The number of nitrogens with zero attached hydrogens (tertiary/aromatic N) is 1. The van der Waals surface area contributed by atoms with Gasteiger partial charge in [-0.05, 0) is 42.7 Å².